The third-order valence-electron chi connectivity index (χ3n) is 6.71. The molecule has 1 amide bonds. The summed E-state index contributed by atoms with van der Waals surface area (Å²) in [7, 11) is 3.78. The molecule has 0 spiro atoms. The van der Waals surface area contributed by atoms with Gasteiger partial charge < -0.3 is 14.8 Å². The van der Waals surface area contributed by atoms with Gasteiger partial charge in [0.15, 0.2) is 0 Å². The monoisotopic (exact) mass is 422 g/mol. The van der Waals surface area contributed by atoms with Gasteiger partial charge in [-0.25, -0.2) is 4.39 Å². The van der Waals surface area contributed by atoms with Crippen molar-refractivity contribution < 1.29 is 9.18 Å². The molecule has 1 aliphatic rings. The molecular weight excluding hydrogens is 391 g/mol. The molecule has 1 fully saturated rings. The van der Waals surface area contributed by atoms with Gasteiger partial charge >= 0.3 is 0 Å². The molecule has 2 aromatic heterocycles. The van der Waals surface area contributed by atoms with E-state index in [1.54, 1.807) is 18.0 Å². The molecule has 164 valence electrons. The van der Waals surface area contributed by atoms with Gasteiger partial charge in [-0.3, -0.25) is 9.78 Å². The van der Waals surface area contributed by atoms with Gasteiger partial charge in [-0.05, 0) is 88.4 Å². The van der Waals surface area contributed by atoms with Crippen molar-refractivity contribution in [2.75, 3.05) is 14.1 Å². The SMILES string of the molecule is CNC1CCC(c2cn(-c3ccc(F)cc3C(=O)N(C)C(C)C)c3cccnc23)CC1. The first-order valence-electron chi connectivity index (χ1n) is 11.1. The number of amides is 1. The second-order valence-corrected chi connectivity index (χ2v) is 8.83. The van der Waals surface area contributed by atoms with E-state index in [-0.39, 0.29) is 11.9 Å². The molecule has 3 aromatic rings. The molecule has 31 heavy (non-hydrogen) atoms. The molecule has 0 bridgehead atoms. The van der Waals surface area contributed by atoms with Crippen molar-refractivity contribution in [1.82, 2.24) is 19.8 Å². The number of carbonyl (C=O) groups is 1. The second kappa shape index (κ2) is 8.79. The highest BCUT2D eigenvalue weighted by Gasteiger charge is 2.27. The highest BCUT2D eigenvalue weighted by molar-refractivity contribution is 5.98. The van der Waals surface area contributed by atoms with E-state index in [9.17, 15) is 9.18 Å². The van der Waals surface area contributed by atoms with Crippen molar-refractivity contribution in [3.05, 3.63) is 59.7 Å². The molecule has 0 unspecified atom stereocenters. The Hall–Kier alpha value is -2.73. The van der Waals surface area contributed by atoms with Crippen LogP contribution in [0, 0.1) is 5.82 Å². The lowest BCUT2D eigenvalue weighted by atomic mass is 9.82. The number of fused-ring (bicyclic) bond motifs is 1. The normalized spacial score (nSPS) is 19.2. The highest BCUT2D eigenvalue weighted by Crippen LogP contribution is 2.38. The van der Waals surface area contributed by atoms with E-state index in [1.165, 1.54) is 17.7 Å². The van der Waals surface area contributed by atoms with E-state index >= 15 is 0 Å². The van der Waals surface area contributed by atoms with Crippen LogP contribution in [-0.4, -0.2) is 46.5 Å². The van der Waals surface area contributed by atoms with E-state index in [0.717, 1.165) is 36.7 Å². The van der Waals surface area contributed by atoms with Crippen LogP contribution in [0.4, 0.5) is 4.39 Å². The summed E-state index contributed by atoms with van der Waals surface area (Å²) >= 11 is 0. The van der Waals surface area contributed by atoms with Crippen LogP contribution in [-0.2, 0) is 0 Å². The molecule has 0 atom stereocenters. The lowest BCUT2D eigenvalue weighted by molar-refractivity contribution is 0.0754. The summed E-state index contributed by atoms with van der Waals surface area (Å²) in [6.07, 6.45) is 8.42. The van der Waals surface area contributed by atoms with E-state index in [1.807, 2.05) is 43.8 Å². The fourth-order valence-corrected chi connectivity index (χ4v) is 4.59. The Labute approximate surface area is 183 Å². The fraction of sp³-hybridized carbons (Fsp3) is 0.440. The average molecular weight is 423 g/mol. The molecule has 6 heteroatoms. The zero-order valence-electron chi connectivity index (χ0n) is 18.7. The Morgan fingerprint density at radius 1 is 1.23 bits per heavy atom. The van der Waals surface area contributed by atoms with E-state index in [2.05, 4.69) is 11.5 Å². The molecule has 1 saturated carbocycles. The van der Waals surface area contributed by atoms with Crippen LogP contribution in [0.3, 0.4) is 0 Å². The number of nitrogens with zero attached hydrogens (tertiary/aromatic N) is 3. The van der Waals surface area contributed by atoms with Gasteiger partial charge in [0.25, 0.3) is 5.91 Å². The summed E-state index contributed by atoms with van der Waals surface area (Å²) in [5.41, 5.74) is 4.18. The lowest BCUT2D eigenvalue weighted by Crippen LogP contribution is -2.33. The van der Waals surface area contributed by atoms with Crippen LogP contribution in [0.5, 0.6) is 0 Å². The topological polar surface area (TPSA) is 50.2 Å². The summed E-state index contributed by atoms with van der Waals surface area (Å²) in [5.74, 6) is -0.169. The second-order valence-electron chi connectivity index (χ2n) is 8.83. The zero-order chi connectivity index (χ0) is 22.1. The first kappa shape index (κ1) is 21.5. The van der Waals surface area contributed by atoms with Gasteiger partial charge in [-0.15, -0.1) is 0 Å². The van der Waals surface area contributed by atoms with Crippen molar-refractivity contribution in [2.24, 2.45) is 0 Å². The molecule has 1 N–H and O–H groups in total. The molecule has 5 nitrogen and oxygen atoms in total. The van der Waals surface area contributed by atoms with Crippen molar-refractivity contribution in [3.63, 3.8) is 0 Å². The first-order valence-corrected chi connectivity index (χ1v) is 11.1. The number of aromatic nitrogens is 2. The van der Waals surface area contributed by atoms with Crippen LogP contribution in [0.25, 0.3) is 16.7 Å². The van der Waals surface area contributed by atoms with Crippen molar-refractivity contribution in [1.29, 1.82) is 0 Å². The van der Waals surface area contributed by atoms with Crippen molar-refractivity contribution in [2.45, 2.75) is 57.5 Å². The summed E-state index contributed by atoms with van der Waals surface area (Å²) in [4.78, 5) is 19.5. The number of pyridine rings is 1. The Bertz CT molecular complexity index is 1080. The van der Waals surface area contributed by atoms with E-state index in [4.69, 9.17) is 4.98 Å². The maximum Gasteiger partial charge on any atom is 0.256 e. The Morgan fingerprint density at radius 2 is 1.97 bits per heavy atom. The van der Waals surface area contributed by atoms with E-state index < -0.39 is 5.82 Å². The maximum absolute atomic E-state index is 14.2. The first-order chi connectivity index (χ1) is 14.9. The molecule has 2 heterocycles. The zero-order valence-corrected chi connectivity index (χ0v) is 18.7. The number of carbonyl (C=O) groups excluding carboxylic acids is 1. The molecule has 4 rings (SSSR count). The molecule has 0 aliphatic heterocycles. The summed E-state index contributed by atoms with van der Waals surface area (Å²) < 4.78 is 16.2. The van der Waals surface area contributed by atoms with Gasteiger partial charge in [0, 0.05) is 31.5 Å². The Balaban J connectivity index is 1.82. The summed E-state index contributed by atoms with van der Waals surface area (Å²) in [6, 6.07) is 8.99. The minimum absolute atomic E-state index is 0.0182. The van der Waals surface area contributed by atoms with Crippen molar-refractivity contribution in [3.8, 4) is 5.69 Å². The van der Waals surface area contributed by atoms with Crippen LogP contribution >= 0.6 is 0 Å². The van der Waals surface area contributed by atoms with Gasteiger partial charge in [0.2, 0.25) is 0 Å². The lowest BCUT2D eigenvalue weighted by Gasteiger charge is -2.27. The Morgan fingerprint density at radius 3 is 2.65 bits per heavy atom. The smallest absolute Gasteiger partial charge is 0.256 e. The van der Waals surface area contributed by atoms with Crippen LogP contribution in [0.15, 0.2) is 42.7 Å². The maximum atomic E-state index is 14.2. The number of hydrogen-bond acceptors (Lipinski definition) is 3. The van der Waals surface area contributed by atoms with Gasteiger partial charge in [-0.2, -0.15) is 0 Å². The number of benzene rings is 1. The standard InChI is InChI=1S/C25H31FN4O/c1-16(2)29(4)25(31)20-14-18(26)9-12-22(20)30-15-21(24-23(30)6-5-13-28-24)17-7-10-19(27-3)11-8-17/h5-6,9,12-17,19,27H,7-8,10-11H2,1-4H3. The predicted octanol–water partition coefficient (Wildman–Crippen LogP) is 4.89. The third kappa shape index (κ3) is 4.09. The molecule has 0 radical (unpaired) electrons. The quantitative estimate of drug-likeness (QED) is 0.637. The van der Waals surface area contributed by atoms with Crippen LogP contribution in [0.1, 0.15) is 61.4 Å². The molecule has 0 saturated heterocycles. The molecular formula is C25H31FN4O. The van der Waals surface area contributed by atoms with Crippen LogP contribution in [0.2, 0.25) is 0 Å². The number of rotatable bonds is 5. The van der Waals surface area contributed by atoms with Crippen LogP contribution < -0.4 is 5.32 Å². The fourth-order valence-electron chi connectivity index (χ4n) is 4.59. The minimum Gasteiger partial charge on any atom is -0.339 e. The summed E-state index contributed by atoms with van der Waals surface area (Å²) in [6.45, 7) is 3.90. The van der Waals surface area contributed by atoms with Gasteiger partial charge in [0.05, 0.1) is 22.3 Å². The summed E-state index contributed by atoms with van der Waals surface area (Å²) in [5, 5.41) is 3.39. The number of halogens is 1. The van der Waals surface area contributed by atoms with Gasteiger partial charge in [-0.1, -0.05) is 0 Å². The van der Waals surface area contributed by atoms with Crippen molar-refractivity contribution >= 4 is 16.9 Å². The average Bonchev–Trinajstić information content (AvgIpc) is 3.17. The largest absolute Gasteiger partial charge is 0.339 e. The molecule has 1 aliphatic carbocycles. The highest BCUT2D eigenvalue weighted by atomic mass is 19.1. The molecule has 1 aromatic carbocycles. The number of nitrogens with one attached hydrogen (secondary N) is 1. The number of hydrogen-bond donors (Lipinski definition) is 1. The van der Waals surface area contributed by atoms with Gasteiger partial charge in [0.1, 0.15) is 5.82 Å². The minimum atomic E-state index is -0.413. The third-order valence-corrected chi connectivity index (χ3v) is 6.71. The Kier molecular flexibility index (Phi) is 6.10. The predicted molar refractivity (Wildman–Crippen MR) is 122 cm³/mol. The van der Waals surface area contributed by atoms with E-state index in [0.29, 0.717) is 23.2 Å².